The minimum absolute atomic E-state index is 0.397. The van der Waals surface area contributed by atoms with Gasteiger partial charge in [-0.1, -0.05) is 18.2 Å². The molecule has 6 nitrogen and oxygen atoms in total. The van der Waals surface area contributed by atoms with Gasteiger partial charge in [0.2, 0.25) is 0 Å². The molecule has 0 bridgehead atoms. The number of benzene rings is 1. The van der Waals surface area contributed by atoms with Crippen LogP contribution in [-0.2, 0) is 23.7 Å². The van der Waals surface area contributed by atoms with Crippen LogP contribution in [0, 0.1) is 0 Å². The molecule has 0 spiro atoms. The first-order valence-corrected chi connectivity index (χ1v) is 9.39. The van der Waals surface area contributed by atoms with Crippen LogP contribution in [0.2, 0.25) is 0 Å². The van der Waals surface area contributed by atoms with E-state index < -0.39 is 23.6 Å². The van der Waals surface area contributed by atoms with Crippen molar-refractivity contribution >= 4 is 5.97 Å². The number of rotatable bonds is 4. The maximum absolute atomic E-state index is 12.9. The minimum atomic E-state index is -0.692. The maximum atomic E-state index is 12.9. The summed E-state index contributed by atoms with van der Waals surface area (Å²) < 4.78 is 28.6. The molecule has 2 aliphatic heterocycles. The third-order valence-corrected chi connectivity index (χ3v) is 5.27. The molecule has 0 saturated heterocycles. The average molecular weight is 396 g/mol. The van der Waals surface area contributed by atoms with Crippen LogP contribution < -0.4 is 4.74 Å². The predicted molar refractivity (Wildman–Crippen MR) is 106 cm³/mol. The molecule has 0 saturated carbocycles. The highest BCUT2D eigenvalue weighted by atomic mass is 16.6. The topological polar surface area (TPSA) is 63.2 Å². The van der Waals surface area contributed by atoms with Crippen LogP contribution in [0.1, 0.15) is 25.3 Å². The Morgan fingerprint density at radius 2 is 1.76 bits per heavy atom. The molecule has 1 aliphatic carbocycles. The molecule has 1 aromatic carbocycles. The van der Waals surface area contributed by atoms with Crippen molar-refractivity contribution in [2.24, 2.45) is 0 Å². The van der Waals surface area contributed by atoms with Gasteiger partial charge in [-0.05, 0) is 37.6 Å². The van der Waals surface area contributed by atoms with Crippen LogP contribution in [0.5, 0.6) is 5.75 Å². The lowest BCUT2D eigenvalue weighted by atomic mass is 9.83. The largest absolute Gasteiger partial charge is 0.499 e. The standard InChI is InChI=1S/C23H24O6/c1-23(2)11-10-15-16(29-23)12-17-19(20(15)26-4)21(27-5)18(22(24)28-17)13-6-8-14(25-3)9-7-13/h6-12,18,20H,1-5H3. The summed E-state index contributed by atoms with van der Waals surface area (Å²) in [6.07, 6.45) is 5.26. The van der Waals surface area contributed by atoms with E-state index >= 15 is 0 Å². The summed E-state index contributed by atoms with van der Waals surface area (Å²) in [4.78, 5) is 12.9. The summed E-state index contributed by atoms with van der Waals surface area (Å²) in [6, 6.07) is 7.28. The first-order chi connectivity index (χ1) is 13.9. The zero-order chi connectivity index (χ0) is 20.8. The van der Waals surface area contributed by atoms with Gasteiger partial charge in [0.05, 0.1) is 19.8 Å². The van der Waals surface area contributed by atoms with Gasteiger partial charge in [0.25, 0.3) is 0 Å². The van der Waals surface area contributed by atoms with E-state index in [1.165, 1.54) is 0 Å². The van der Waals surface area contributed by atoms with Gasteiger partial charge < -0.3 is 23.7 Å². The summed E-state index contributed by atoms with van der Waals surface area (Å²) in [6.45, 7) is 3.93. The Hall–Kier alpha value is -2.99. The molecule has 29 heavy (non-hydrogen) atoms. The zero-order valence-electron chi connectivity index (χ0n) is 17.1. The van der Waals surface area contributed by atoms with Gasteiger partial charge in [0.15, 0.2) is 0 Å². The monoisotopic (exact) mass is 396 g/mol. The van der Waals surface area contributed by atoms with E-state index in [0.717, 1.165) is 11.1 Å². The van der Waals surface area contributed by atoms with Crippen molar-refractivity contribution in [3.05, 3.63) is 76.5 Å². The Morgan fingerprint density at radius 1 is 1.03 bits per heavy atom. The molecule has 0 amide bonds. The summed E-state index contributed by atoms with van der Waals surface area (Å²) in [5, 5.41) is 0. The number of ether oxygens (including phenoxy) is 5. The smallest absolute Gasteiger partial charge is 0.326 e. The van der Waals surface area contributed by atoms with Crippen molar-refractivity contribution in [1.82, 2.24) is 0 Å². The molecule has 6 heteroatoms. The molecule has 0 fully saturated rings. The molecule has 152 valence electrons. The number of allylic oxidation sites excluding steroid dienone is 1. The Labute approximate surface area is 170 Å². The molecule has 2 atom stereocenters. The zero-order valence-corrected chi connectivity index (χ0v) is 17.1. The Balaban J connectivity index is 1.84. The van der Waals surface area contributed by atoms with E-state index in [1.807, 2.05) is 38.1 Å². The predicted octanol–water partition coefficient (Wildman–Crippen LogP) is 3.77. The summed E-state index contributed by atoms with van der Waals surface area (Å²) in [5.41, 5.74) is 1.86. The molecule has 2 heterocycles. The highest BCUT2D eigenvalue weighted by Crippen LogP contribution is 2.45. The fourth-order valence-corrected chi connectivity index (χ4v) is 3.88. The van der Waals surface area contributed by atoms with Crippen LogP contribution in [0.4, 0.5) is 0 Å². The summed E-state index contributed by atoms with van der Waals surface area (Å²) in [7, 11) is 4.77. The summed E-state index contributed by atoms with van der Waals surface area (Å²) >= 11 is 0. The van der Waals surface area contributed by atoms with Gasteiger partial charge in [0.1, 0.15) is 40.6 Å². The molecule has 2 unspecified atom stereocenters. The van der Waals surface area contributed by atoms with Crippen molar-refractivity contribution in [1.29, 1.82) is 0 Å². The lowest BCUT2D eigenvalue weighted by molar-refractivity contribution is -0.142. The highest BCUT2D eigenvalue weighted by molar-refractivity contribution is 5.86. The third kappa shape index (κ3) is 3.23. The number of esters is 1. The number of carbonyl (C=O) groups is 1. The maximum Gasteiger partial charge on any atom is 0.326 e. The first kappa shape index (κ1) is 19.3. The molecule has 1 aromatic rings. The average Bonchev–Trinajstić information content (AvgIpc) is 2.70. The Bertz CT molecular complexity index is 962. The molecule has 4 rings (SSSR count). The number of hydrogen-bond donors (Lipinski definition) is 0. The number of hydrogen-bond acceptors (Lipinski definition) is 6. The van der Waals surface area contributed by atoms with E-state index in [9.17, 15) is 4.79 Å². The Morgan fingerprint density at radius 3 is 2.38 bits per heavy atom. The van der Waals surface area contributed by atoms with Crippen molar-refractivity contribution in [2.45, 2.75) is 31.5 Å². The van der Waals surface area contributed by atoms with E-state index in [2.05, 4.69) is 0 Å². The molecule has 0 radical (unpaired) electrons. The van der Waals surface area contributed by atoms with E-state index in [4.69, 9.17) is 23.7 Å². The molecule has 0 N–H and O–H groups in total. The van der Waals surface area contributed by atoms with Gasteiger partial charge in [-0.15, -0.1) is 0 Å². The van der Waals surface area contributed by atoms with Crippen LogP contribution >= 0.6 is 0 Å². The van der Waals surface area contributed by atoms with Crippen LogP contribution in [0.15, 0.2) is 70.9 Å². The number of carbonyl (C=O) groups excluding carboxylic acids is 1. The second-order valence-electron chi connectivity index (χ2n) is 7.59. The SMILES string of the molecule is COC1=C2C(=CC3=C(C=CC(C)(C)O3)C2OC)OC(=O)C1c1ccc(OC)cc1. The second-order valence-corrected chi connectivity index (χ2v) is 7.59. The molecular weight excluding hydrogens is 372 g/mol. The fourth-order valence-electron chi connectivity index (χ4n) is 3.88. The first-order valence-electron chi connectivity index (χ1n) is 9.39. The number of fused-ring (bicyclic) bond motifs is 1. The lowest BCUT2D eigenvalue weighted by Crippen LogP contribution is -2.36. The van der Waals surface area contributed by atoms with Gasteiger partial charge in [0, 0.05) is 18.8 Å². The van der Waals surface area contributed by atoms with Crippen molar-refractivity contribution in [2.75, 3.05) is 21.3 Å². The highest BCUT2D eigenvalue weighted by Gasteiger charge is 2.44. The molecule has 0 aromatic heterocycles. The third-order valence-electron chi connectivity index (χ3n) is 5.27. The van der Waals surface area contributed by atoms with Gasteiger partial charge in [-0.25, -0.2) is 0 Å². The summed E-state index contributed by atoms with van der Waals surface area (Å²) in [5.74, 6) is 1.14. The van der Waals surface area contributed by atoms with E-state index in [1.54, 1.807) is 39.5 Å². The molecule has 3 aliphatic rings. The fraction of sp³-hybridized carbons (Fsp3) is 0.348. The van der Waals surface area contributed by atoms with E-state index in [-0.39, 0.29) is 0 Å². The van der Waals surface area contributed by atoms with E-state index in [0.29, 0.717) is 28.6 Å². The van der Waals surface area contributed by atoms with Crippen molar-refractivity contribution in [3.8, 4) is 5.75 Å². The lowest BCUT2D eigenvalue weighted by Gasteiger charge is -2.38. The van der Waals surface area contributed by atoms with Crippen molar-refractivity contribution in [3.63, 3.8) is 0 Å². The van der Waals surface area contributed by atoms with Crippen LogP contribution in [0.3, 0.4) is 0 Å². The van der Waals surface area contributed by atoms with Gasteiger partial charge in [-0.3, -0.25) is 4.79 Å². The normalized spacial score (nSPS) is 24.9. The van der Waals surface area contributed by atoms with Gasteiger partial charge in [-0.2, -0.15) is 0 Å². The second kappa shape index (κ2) is 7.12. The molecular formula is C23H24O6. The van der Waals surface area contributed by atoms with Gasteiger partial charge >= 0.3 is 5.97 Å². The number of methoxy groups -OCH3 is 3. The van der Waals surface area contributed by atoms with Crippen molar-refractivity contribution < 1.29 is 28.5 Å². The quantitative estimate of drug-likeness (QED) is 0.722. The van der Waals surface area contributed by atoms with Crippen LogP contribution in [0.25, 0.3) is 0 Å². The van der Waals surface area contributed by atoms with Crippen LogP contribution in [-0.4, -0.2) is 39.0 Å². The minimum Gasteiger partial charge on any atom is -0.499 e. The Kier molecular flexibility index (Phi) is 4.74.